The van der Waals surface area contributed by atoms with Crippen LogP contribution >= 0.6 is 0 Å². The fourth-order valence-electron chi connectivity index (χ4n) is 3.04. The van der Waals surface area contributed by atoms with Gasteiger partial charge in [-0.25, -0.2) is 0 Å². The van der Waals surface area contributed by atoms with E-state index in [2.05, 4.69) is 17.1 Å². The largest absolute Gasteiger partial charge is 0.490 e. The van der Waals surface area contributed by atoms with Gasteiger partial charge in [0.15, 0.2) is 6.10 Å². The molecule has 1 aliphatic heterocycles. The van der Waals surface area contributed by atoms with Crippen molar-refractivity contribution < 1.29 is 9.47 Å². The summed E-state index contributed by atoms with van der Waals surface area (Å²) in [5.74, 6) is 0.793. The third kappa shape index (κ3) is 3.33. The first-order valence-corrected chi connectivity index (χ1v) is 8.78. The molecule has 1 aromatic heterocycles. The van der Waals surface area contributed by atoms with Crippen LogP contribution in [0.15, 0.2) is 65.6 Å². The van der Waals surface area contributed by atoms with Crippen molar-refractivity contribution in [1.82, 2.24) is 9.55 Å². The van der Waals surface area contributed by atoms with Gasteiger partial charge < -0.3 is 9.47 Å². The monoisotopic (exact) mass is 348 g/mol. The van der Waals surface area contributed by atoms with Gasteiger partial charge in [-0.05, 0) is 29.7 Å². The molecule has 2 aromatic carbocycles. The van der Waals surface area contributed by atoms with Gasteiger partial charge in [-0.1, -0.05) is 49.4 Å². The van der Waals surface area contributed by atoms with Crippen LogP contribution in [0.4, 0.5) is 0 Å². The van der Waals surface area contributed by atoms with Gasteiger partial charge in [-0.3, -0.25) is 9.36 Å². The molecule has 26 heavy (non-hydrogen) atoms. The normalized spacial score (nSPS) is 15.3. The summed E-state index contributed by atoms with van der Waals surface area (Å²) in [7, 11) is 0. The maximum Gasteiger partial charge on any atom is 0.300 e. The number of ether oxygens (including phenoxy) is 2. The predicted octanol–water partition coefficient (Wildman–Crippen LogP) is 3.31. The van der Waals surface area contributed by atoms with Crippen molar-refractivity contribution in [2.75, 3.05) is 6.61 Å². The average molecular weight is 348 g/mol. The summed E-state index contributed by atoms with van der Waals surface area (Å²) in [6.45, 7) is 2.99. The molecule has 1 atom stereocenters. The fourth-order valence-corrected chi connectivity index (χ4v) is 3.04. The summed E-state index contributed by atoms with van der Waals surface area (Å²) < 4.78 is 13.5. The predicted molar refractivity (Wildman–Crippen MR) is 99.7 cm³/mol. The van der Waals surface area contributed by atoms with Crippen molar-refractivity contribution in [3.8, 4) is 22.9 Å². The van der Waals surface area contributed by atoms with Crippen LogP contribution in [0.1, 0.15) is 12.5 Å². The summed E-state index contributed by atoms with van der Waals surface area (Å²) >= 11 is 0. The highest BCUT2D eigenvalue weighted by molar-refractivity contribution is 5.63. The van der Waals surface area contributed by atoms with Gasteiger partial charge in [0.1, 0.15) is 12.4 Å². The number of hydrogen-bond donors (Lipinski definition) is 0. The lowest BCUT2D eigenvalue weighted by Crippen LogP contribution is -2.23. The van der Waals surface area contributed by atoms with Crippen LogP contribution in [0.25, 0.3) is 11.1 Å². The van der Waals surface area contributed by atoms with Crippen molar-refractivity contribution in [3.05, 3.63) is 76.7 Å². The van der Waals surface area contributed by atoms with Crippen LogP contribution in [-0.2, 0) is 13.0 Å². The van der Waals surface area contributed by atoms with E-state index < -0.39 is 0 Å². The van der Waals surface area contributed by atoms with E-state index in [1.807, 2.05) is 60.2 Å². The number of aryl methyl sites for hydroxylation is 1. The molecule has 0 fully saturated rings. The first kappa shape index (κ1) is 16.4. The van der Waals surface area contributed by atoms with Crippen molar-refractivity contribution in [2.45, 2.75) is 26.0 Å². The number of aromatic nitrogens is 2. The number of nitrogens with zero attached hydrogens (tertiary/aromatic N) is 2. The highest BCUT2D eigenvalue weighted by Crippen LogP contribution is 2.23. The fraction of sp³-hybridized carbons (Fsp3) is 0.238. The number of rotatable bonds is 5. The van der Waals surface area contributed by atoms with Gasteiger partial charge in [0.2, 0.25) is 0 Å². The van der Waals surface area contributed by atoms with E-state index in [1.165, 1.54) is 5.56 Å². The van der Waals surface area contributed by atoms with Gasteiger partial charge in [-0.15, -0.1) is 0 Å². The third-order valence-corrected chi connectivity index (χ3v) is 4.48. The smallest absolute Gasteiger partial charge is 0.300 e. The van der Waals surface area contributed by atoms with E-state index in [4.69, 9.17) is 9.47 Å². The molecule has 4 rings (SSSR count). The van der Waals surface area contributed by atoms with E-state index in [0.29, 0.717) is 31.1 Å². The Kier molecular flexibility index (Phi) is 4.44. The van der Waals surface area contributed by atoms with Crippen molar-refractivity contribution in [2.24, 2.45) is 0 Å². The van der Waals surface area contributed by atoms with E-state index in [-0.39, 0.29) is 11.7 Å². The van der Waals surface area contributed by atoms with Crippen molar-refractivity contribution in [3.63, 3.8) is 0 Å². The second-order valence-corrected chi connectivity index (χ2v) is 6.30. The van der Waals surface area contributed by atoms with E-state index in [1.54, 1.807) is 0 Å². The minimum absolute atomic E-state index is 0.150. The SMILES string of the molecule is CCc1cn2c(nc1=O)OC(COc1ccc(-c3ccccc3)cc1)C2. The maximum absolute atomic E-state index is 11.8. The molecule has 0 N–H and O–H groups in total. The van der Waals surface area contributed by atoms with Crippen LogP contribution in [0.5, 0.6) is 11.8 Å². The molecular formula is C21H20N2O3. The lowest BCUT2D eigenvalue weighted by Gasteiger charge is -2.11. The lowest BCUT2D eigenvalue weighted by molar-refractivity contribution is 0.143. The molecule has 0 amide bonds. The summed E-state index contributed by atoms with van der Waals surface area (Å²) in [6.07, 6.45) is 2.35. The van der Waals surface area contributed by atoms with Gasteiger partial charge in [0, 0.05) is 11.8 Å². The lowest BCUT2D eigenvalue weighted by atomic mass is 10.1. The molecule has 0 bridgehead atoms. The Morgan fingerprint density at radius 3 is 2.58 bits per heavy atom. The number of fused-ring (bicyclic) bond motifs is 1. The highest BCUT2D eigenvalue weighted by Gasteiger charge is 2.24. The van der Waals surface area contributed by atoms with Crippen LogP contribution in [0.2, 0.25) is 0 Å². The van der Waals surface area contributed by atoms with E-state index in [0.717, 1.165) is 11.3 Å². The summed E-state index contributed by atoms with van der Waals surface area (Å²) in [5, 5.41) is 0. The first-order chi connectivity index (χ1) is 12.7. The summed E-state index contributed by atoms with van der Waals surface area (Å²) in [6, 6.07) is 18.6. The second-order valence-electron chi connectivity index (χ2n) is 6.30. The minimum atomic E-state index is -0.211. The molecule has 0 spiro atoms. The van der Waals surface area contributed by atoms with Crippen LogP contribution < -0.4 is 15.0 Å². The molecule has 132 valence electrons. The standard InChI is InChI=1S/C21H20N2O3/c1-2-15-12-23-13-19(26-21(23)22-20(15)24)14-25-18-10-8-17(9-11-18)16-6-4-3-5-7-16/h3-12,19H,2,13-14H2,1H3. The molecule has 0 aliphatic carbocycles. The van der Waals surface area contributed by atoms with Crippen LogP contribution in [0, 0.1) is 0 Å². The molecule has 5 heteroatoms. The van der Waals surface area contributed by atoms with Crippen LogP contribution in [0.3, 0.4) is 0 Å². The number of benzene rings is 2. The molecule has 5 nitrogen and oxygen atoms in total. The average Bonchev–Trinajstić information content (AvgIpc) is 3.08. The Morgan fingerprint density at radius 2 is 1.85 bits per heavy atom. The summed E-state index contributed by atoms with van der Waals surface area (Å²) in [4.78, 5) is 15.8. The molecule has 0 radical (unpaired) electrons. The van der Waals surface area contributed by atoms with Gasteiger partial charge in [0.25, 0.3) is 11.6 Å². The third-order valence-electron chi connectivity index (χ3n) is 4.48. The Morgan fingerprint density at radius 1 is 1.12 bits per heavy atom. The van der Waals surface area contributed by atoms with Crippen molar-refractivity contribution >= 4 is 0 Å². The molecule has 0 saturated carbocycles. The van der Waals surface area contributed by atoms with E-state index >= 15 is 0 Å². The topological polar surface area (TPSA) is 53.4 Å². The Labute approximate surface area is 151 Å². The molecule has 2 heterocycles. The zero-order valence-electron chi connectivity index (χ0n) is 14.6. The van der Waals surface area contributed by atoms with E-state index in [9.17, 15) is 4.79 Å². The first-order valence-electron chi connectivity index (χ1n) is 8.78. The maximum atomic E-state index is 11.8. The van der Waals surface area contributed by atoms with Gasteiger partial charge in [0.05, 0.1) is 6.54 Å². The van der Waals surface area contributed by atoms with Crippen LogP contribution in [-0.4, -0.2) is 22.3 Å². The Bertz CT molecular complexity index is 949. The van der Waals surface area contributed by atoms with Gasteiger partial charge in [-0.2, -0.15) is 4.98 Å². The zero-order chi connectivity index (χ0) is 17.9. The minimum Gasteiger partial charge on any atom is -0.490 e. The summed E-state index contributed by atoms with van der Waals surface area (Å²) in [5.41, 5.74) is 2.82. The highest BCUT2D eigenvalue weighted by atomic mass is 16.6. The Balaban J connectivity index is 1.38. The Hall–Kier alpha value is -3.08. The molecule has 1 unspecified atom stereocenters. The molecule has 0 saturated heterocycles. The zero-order valence-corrected chi connectivity index (χ0v) is 14.6. The molecule has 3 aromatic rings. The molecular weight excluding hydrogens is 328 g/mol. The molecule has 1 aliphatic rings. The second kappa shape index (κ2) is 7.04. The van der Waals surface area contributed by atoms with Gasteiger partial charge >= 0.3 is 0 Å². The quantitative estimate of drug-likeness (QED) is 0.710. The van der Waals surface area contributed by atoms with Crippen molar-refractivity contribution in [1.29, 1.82) is 0 Å². The number of hydrogen-bond acceptors (Lipinski definition) is 4.